The van der Waals surface area contributed by atoms with Gasteiger partial charge in [0.1, 0.15) is 0 Å². The quantitative estimate of drug-likeness (QED) is 0.562. The minimum absolute atomic E-state index is 0.290. The van der Waals surface area contributed by atoms with Crippen LogP contribution in [0.2, 0.25) is 25.7 Å². The standard InChI is InChI=1S/C11H22O4Si/c1-11(2)14-8-9(15-11)10(12)13-6-7-16(3,4)5/h9H,6-8H2,1-5H3. The third kappa shape index (κ3) is 4.63. The summed E-state index contributed by atoms with van der Waals surface area (Å²) in [5, 5.41) is 0. The number of ether oxygens (including phenoxy) is 3. The summed E-state index contributed by atoms with van der Waals surface area (Å²) in [6.45, 7) is 11.1. The van der Waals surface area contributed by atoms with E-state index in [1.54, 1.807) is 13.8 Å². The van der Waals surface area contributed by atoms with Crippen molar-refractivity contribution in [2.75, 3.05) is 13.2 Å². The van der Waals surface area contributed by atoms with Crippen molar-refractivity contribution in [3.05, 3.63) is 0 Å². The van der Waals surface area contributed by atoms with Gasteiger partial charge in [-0.3, -0.25) is 0 Å². The summed E-state index contributed by atoms with van der Waals surface area (Å²) in [7, 11) is -1.14. The van der Waals surface area contributed by atoms with Crippen molar-refractivity contribution in [2.45, 2.75) is 51.4 Å². The summed E-state index contributed by atoms with van der Waals surface area (Å²) in [5.74, 6) is -0.966. The molecule has 0 aromatic rings. The fourth-order valence-corrected chi connectivity index (χ4v) is 2.07. The van der Waals surface area contributed by atoms with E-state index in [9.17, 15) is 4.79 Å². The van der Waals surface area contributed by atoms with Gasteiger partial charge in [0.05, 0.1) is 13.2 Å². The molecule has 4 nitrogen and oxygen atoms in total. The predicted octanol–water partition coefficient (Wildman–Crippen LogP) is 2.02. The first-order valence-electron chi connectivity index (χ1n) is 5.68. The maximum Gasteiger partial charge on any atom is 0.337 e. The van der Waals surface area contributed by atoms with Gasteiger partial charge >= 0.3 is 5.97 Å². The number of esters is 1. The van der Waals surface area contributed by atoms with Crippen LogP contribution in [-0.4, -0.2) is 39.1 Å². The molecule has 0 N–H and O–H groups in total. The minimum atomic E-state index is -1.14. The lowest BCUT2D eigenvalue weighted by molar-refractivity contribution is -0.169. The normalized spacial score (nSPS) is 24.4. The maximum absolute atomic E-state index is 11.6. The molecule has 0 amide bonds. The molecule has 94 valence electrons. The second-order valence-electron chi connectivity index (χ2n) is 5.80. The SMILES string of the molecule is CC1(C)OCC(C(=O)OCC[Si](C)(C)C)O1. The Morgan fingerprint density at radius 2 is 2.06 bits per heavy atom. The van der Waals surface area contributed by atoms with Crippen LogP contribution in [0.3, 0.4) is 0 Å². The Balaban J connectivity index is 2.27. The Labute approximate surface area is 98.3 Å². The van der Waals surface area contributed by atoms with E-state index in [4.69, 9.17) is 14.2 Å². The van der Waals surface area contributed by atoms with E-state index >= 15 is 0 Å². The molecule has 1 fully saturated rings. The summed E-state index contributed by atoms with van der Waals surface area (Å²) >= 11 is 0. The number of carbonyl (C=O) groups excluding carboxylic acids is 1. The first-order valence-corrected chi connectivity index (χ1v) is 9.39. The molecule has 0 aliphatic carbocycles. The third-order valence-corrected chi connectivity index (χ3v) is 4.07. The van der Waals surface area contributed by atoms with Crippen molar-refractivity contribution in [3.63, 3.8) is 0 Å². The molecule has 5 heteroatoms. The molecule has 0 aromatic carbocycles. The van der Waals surface area contributed by atoms with Crippen molar-refractivity contribution in [1.29, 1.82) is 0 Å². The fraction of sp³-hybridized carbons (Fsp3) is 0.909. The second-order valence-corrected chi connectivity index (χ2v) is 11.4. The zero-order valence-electron chi connectivity index (χ0n) is 10.8. The number of hydrogen-bond acceptors (Lipinski definition) is 4. The van der Waals surface area contributed by atoms with Gasteiger partial charge in [-0.25, -0.2) is 4.79 Å². The van der Waals surface area contributed by atoms with E-state index in [0.29, 0.717) is 13.2 Å². The van der Waals surface area contributed by atoms with Gasteiger partial charge in [-0.1, -0.05) is 19.6 Å². The third-order valence-electron chi connectivity index (χ3n) is 2.37. The second kappa shape index (κ2) is 4.85. The van der Waals surface area contributed by atoms with Crippen LogP contribution in [-0.2, 0) is 19.0 Å². The molecular formula is C11H22O4Si. The summed E-state index contributed by atoms with van der Waals surface area (Å²) in [6.07, 6.45) is -0.559. The Morgan fingerprint density at radius 3 is 2.50 bits per heavy atom. The maximum atomic E-state index is 11.6. The fourth-order valence-electron chi connectivity index (χ4n) is 1.35. The van der Waals surface area contributed by atoms with E-state index in [0.717, 1.165) is 6.04 Å². The largest absolute Gasteiger partial charge is 0.464 e. The highest BCUT2D eigenvalue weighted by Gasteiger charge is 2.37. The van der Waals surface area contributed by atoms with Crippen molar-refractivity contribution < 1.29 is 19.0 Å². The highest BCUT2D eigenvalue weighted by atomic mass is 28.3. The van der Waals surface area contributed by atoms with E-state index < -0.39 is 20.0 Å². The van der Waals surface area contributed by atoms with Gasteiger partial charge in [0.15, 0.2) is 11.9 Å². The smallest absolute Gasteiger partial charge is 0.337 e. The van der Waals surface area contributed by atoms with Crippen molar-refractivity contribution >= 4 is 14.0 Å². The molecule has 1 aliphatic heterocycles. The monoisotopic (exact) mass is 246 g/mol. The Hall–Kier alpha value is -0.393. The van der Waals surface area contributed by atoms with E-state index in [-0.39, 0.29) is 5.97 Å². The molecule has 1 unspecified atom stereocenters. The molecule has 0 radical (unpaired) electrons. The zero-order valence-corrected chi connectivity index (χ0v) is 11.8. The molecular weight excluding hydrogens is 224 g/mol. The zero-order chi connectivity index (χ0) is 12.4. The average molecular weight is 246 g/mol. The van der Waals surface area contributed by atoms with E-state index in [1.165, 1.54) is 0 Å². The minimum Gasteiger partial charge on any atom is -0.464 e. The topological polar surface area (TPSA) is 44.8 Å². The molecule has 1 saturated heterocycles. The Morgan fingerprint density at radius 1 is 1.44 bits per heavy atom. The van der Waals surface area contributed by atoms with Crippen LogP contribution < -0.4 is 0 Å². The number of hydrogen-bond donors (Lipinski definition) is 0. The van der Waals surface area contributed by atoms with Crippen LogP contribution in [0.15, 0.2) is 0 Å². The van der Waals surface area contributed by atoms with Crippen LogP contribution in [0.25, 0.3) is 0 Å². The van der Waals surface area contributed by atoms with Crippen molar-refractivity contribution in [2.24, 2.45) is 0 Å². The molecule has 0 bridgehead atoms. The van der Waals surface area contributed by atoms with E-state index in [1.807, 2.05) is 0 Å². The highest BCUT2D eigenvalue weighted by molar-refractivity contribution is 6.76. The molecule has 1 atom stereocenters. The van der Waals surface area contributed by atoms with Gasteiger partial charge in [-0.2, -0.15) is 0 Å². The molecule has 1 aliphatic rings. The molecule has 16 heavy (non-hydrogen) atoms. The van der Waals surface area contributed by atoms with Crippen molar-refractivity contribution in [1.82, 2.24) is 0 Å². The summed E-state index contributed by atoms with van der Waals surface area (Å²) in [6, 6.07) is 0.982. The number of rotatable bonds is 4. The van der Waals surface area contributed by atoms with Gasteiger partial charge in [-0.15, -0.1) is 0 Å². The number of carbonyl (C=O) groups is 1. The summed E-state index contributed by atoms with van der Waals surface area (Å²) < 4.78 is 15.9. The molecule has 0 saturated carbocycles. The van der Waals surface area contributed by atoms with Crippen LogP contribution >= 0.6 is 0 Å². The van der Waals surface area contributed by atoms with Gasteiger partial charge < -0.3 is 14.2 Å². The van der Waals surface area contributed by atoms with Crippen LogP contribution in [0.1, 0.15) is 13.8 Å². The highest BCUT2D eigenvalue weighted by Crippen LogP contribution is 2.23. The lowest BCUT2D eigenvalue weighted by Gasteiger charge is -2.18. The van der Waals surface area contributed by atoms with Crippen LogP contribution in [0, 0.1) is 0 Å². The molecule has 1 rings (SSSR count). The van der Waals surface area contributed by atoms with Crippen molar-refractivity contribution in [3.8, 4) is 0 Å². The Bertz CT molecular complexity index is 257. The average Bonchev–Trinajstić information content (AvgIpc) is 2.43. The molecule has 1 heterocycles. The first-order chi connectivity index (χ1) is 7.20. The lowest BCUT2D eigenvalue weighted by Crippen LogP contribution is -2.30. The summed E-state index contributed by atoms with van der Waals surface area (Å²) in [5.41, 5.74) is 0. The van der Waals surface area contributed by atoms with Crippen LogP contribution in [0.4, 0.5) is 0 Å². The van der Waals surface area contributed by atoms with Crippen LogP contribution in [0.5, 0.6) is 0 Å². The first kappa shape index (κ1) is 13.7. The van der Waals surface area contributed by atoms with Gasteiger partial charge in [0.2, 0.25) is 0 Å². The Kier molecular flexibility index (Phi) is 4.15. The van der Waals surface area contributed by atoms with Gasteiger partial charge in [-0.05, 0) is 19.9 Å². The molecule has 0 spiro atoms. The van der Waals surface area contributed by atoms with Gasteiger partial charge in [0, 0.05) is 8.07 Å². The molecule has 0 aromatic heterocycles. The predicted molar refractivity (Wildman–Crippen MR) is 64.0 cm³/mol. The lowest BCUT2D eigenvalue weighted by atomic mass is 10.4. The van der Waals surface area contributed by atoms with Gasteiger partial charge in [0.25, 0.3) is 0 Å². The van der Waals surface area contributed by atoms with E-state index in [2.05, 4.69) is 19.6 Å². The summed E-state index contributed by atoms with van der Waals surface area (Å²) in [4.78, 5) is 11.6.